The molecule has 1 amide bonds. The molecule has 0 aliphatic heterocycles. The number of carboxylic acids is 1. The normalized spacial score (nSPS) is 22.6. The number of hydrogen-bond donors (Lipinski definition) is 2. The second kappa shape index (κ2) is 3.92. The Labute approximate surface area is 92.5 Å². The standard InChI is InChI=1S/C11H12N2O3/c1-6(14)13-10-3-9(10)7-2-8(11(15)16)5-12-4-7/h2,4-5,9-10H,3H2,1H3,(H,13,14)(H,15,16)/t9?,10-/m1/s1. The molecular weight excluding hydrogens is 208 g/mol. The molecule has 1 aliphatic carbocycles. The third-order valence-corrected chi connectivity index (χ3v) is 2.61. The minimum atomic E-state index is -0.980. The third-order valence-electron chi connectivity index (χ3n) is 2.61. The number of pyridine rings is 1. The molecule has 2 rings (SSSR count). The van der Waals surface area contributed by atoms with Gasteiger partial charge in [0.1, 0.15) is 0 Å². The molecular formula is C11H12N2O3. The Morgan fingerprint density at radius 3 is 2.88 bits per heavy atom. The molecule has 0 radical (unpaired) electrons. The van der Waals surface area contributed by atoms with Crippen LogP contribution in [0.15, 0.2) is 18.5 Å². The summed E-state index contributed by atoms with van der Waals surface area (Å²) in [5, 5.41) is 11.6. The molecule has 0 spiro atoms. The fourth-order valence-corrected chi connectivity index (χ4v) is 1.76. The lowest BCUT2D eigenvalue weighted by Gasteiger charge is -2.02. The van der Waals surface area contributed by atoms with Crippen LogP contribution in [-0.2, 0) is 4.79 Å². The van der Waals surface area contributed by atoms with Crippen LogP contribution in [0.5, 0.6) is 0 Å². The molecule has 1 heterocycles. The van der Waals surface area contributed by atoms with E-state index in [-0.39, 0.29) is 23.4 Å². The van der Waals surface area contributed by atoms with Crippen molar-refractivity contribution in [1.82, 2.24) is 10.3 Å². The zero-order valence-corrected chi connectivity index (χ0v) is 8.80. The number of rotatable bonds is 3. The lowest BCUT2D eigenvalue weighted by molar-refractivity contribution is -0.119. The number of amides is 1. The Balaban J connectivity index is 2.09. The second-order valence-electron chi connectivity index (χ2n) is 3.96. The molecule has 84 valence electrons. The van der Waals surface area contributed by atoms with Crippen molar-refractivity contribution in [2.75, 3.05) is 0 Å². The largest absolute Gasteiger partial charge is 0.478 e. The molecule has 1 saturated carbocycles. The van der Waals surface area contributed by atoms with E-state index < -0.39 is 5.97 Å². The molecule has 2 N–H and O–H groups in total. The van der Waals surface area contributed by atoms with E-state index in [0.29, 0.717) is 0 Å². The number of hydrogen-bond acceptors (Lipinski definition) is 3. The molecule has 1 aliphatic rings. The number of carbonyl (C=O) groups excluding carboxylic acids is 1. The van der Waals surface area contributed by atoms with Crippen LogP contribution in [0.2, 0.25) is 0 Å². The molecule has 1 unspecified atom stereocenters. The molecule has 0 aromatic carbocycles. The van der Waals surface area contributed by atoms with Crippen LogP contribution in [0.1, 0.15) is 35.2 Å². The summed E-state index contributed by atoms with van der Waals surface area (Å²) in [6.45, 7) is 1.47. The number of carbonyl (C=O) groups is 2. The highest BCUT2D eigenvalue weighted by molar-refractivity contribution is 5.87. The lowest BCUT2D eigenvalue weighted by atomic mass is 10.1. The Bertz CT molecular complexity index is 445. The summed E-state index contributed by atoms with van der Waals surface area (Å²) in [4.78, 5) is 25.5. The number of aromatic carboxylic acids is 1. The second-order valence-corrected chi connectivity index (χ2v) is 3.96. The number of aromatic nitrogens is 1. The highest BCUT2D eigenvalue weighted by Gasteiger charge is 2.39. The van der Waals surface area contributed by atoms with Gasteiger partial charge in [0.15, 0.2) is 0 Å². The Morgan fingerprint density at radius 2 is 2.25 bits per heavy atom. The van der Waals surface area contributed by atoms with Crippen molar-refractivity contribution in [3.8, 4) is 0 Å². The van der Waals surface area contributed by atoms with Gasteiger partial charge in [-0.3, -0.25) is 9.78 Å². The molecule has 16 heavy (non-hydrogen) atoms. The summed E-state index contributed by atoms with van der Waals surface area (Å²) in [7, 11) is 0. The van der Waals surface area contributed by atoms with Crippen LogP contribution < -0.4 is 5.32 Å². The highest BCUT2D eigenvalue weighted by Crippen LogP contribution is 2.40. The number of nitrogens with one attached hydrogen (secondary N) is 1. The molecule has 1 aromatic rings. The van der Waals surface area contributed by atoms with Gasteiger partial charge in [0.25, 0.3) is 0 Å². The van der Waals surface area contributed by atoms with Crippen molar-refractivity contribution in [1.29, 1.82) is 0 Å². The van der Waals surface area contributed by atoms with Gasteiger partial charge in [-0.15, -0.1) is 0 Å². The topological polar surface area (TPSA) is 79.3 Å². The molecule has 0 saturated heterocycles. The van der Waals surface area contributed by atoms with Gasteiger partial charge in [-0.05, 0) is 18.1 Å². The van der Waals surface area contributed by atoms with Gasteiger partial charge in [0, 0.05) is 31.3 Å². The molecule has 1 aromatic heterocycles. The lowest BCUT2D eigenvalue weighted by Crippen LogP contribution is -2.23. The molecule has 5 heteroatoms. The van der Waals surface area contributed by atoms with Gasteiger partial charge < -0.3 is 10.4 Å². The van der Waals surface area contributed by atoms with Crippen molar-refractivity contribution in [3.05, 3.63) is 29.6 Å². The van der Waals surface area contributed by atoms with Gasteiger partial charge in [0.05, 0.1) is 5.56 Å². The Hall–Kier alpha value is -1.91. The van der Waals surface area contributed by atoms with E-state index in [0.717, 1.165) is 12.0 Å². The van der Waals surface area contributed by atoms with E-state index in [9.17, 15) is 9.59 Å². The average Bonchev–Trinajstić information content (AvgIpc) is 2.96. The van der Waals surface area contributed by atoms with Crippen LogP contribution in [0, 0.1) is 0 Å². The smallest absolute Gasteiger partial charge is 0.337 e. The van der Waals surface area contributed by atoms with Crippen molar-refractivity contribution in [3.63, 3.8) is 0 Å². The van der Waals surface area contributed by atoms with Gasteiger partial charge in [-0.1, -0.05) is 0 Å². The SMILES string of the molecule is CC(=O)N[C@@H]1CC1c1cncc(C(=O)O)c1. The first kappa shape index (κ1) is 10.6. The van der Waals surface area contributed by atoms with Crippen LogP contribution in [0.4, 0.5) is 0 Å². The minimum Gasteiger partial charge on any atom is -0.478 e. The predicted octanol–water partition coefficient (Wildman–Crippen LogP) is 0.772. The fourth-order valence-electron chi connectivity index (χ4n) is 1.76. The van der Waals surface area contributed by atoms with E-state index in [1.807, 2.05) is 0 Å². The van der Waals surface area contributed by atoms with Crippen LogP contribution in [0.3, 0.4) is 0 Å². The summed E-state index contributed by atoms with van der Waals surface area (Å²) < 4.78 is 0. The summed E-state index contributed by atoms with van der Waals surface area (Å²) in [5.41, 5.74) is 1.06. The van der Waals surface area contributed by atoms with E-state index in [1.54, 1.807) is 12.3 Å². The first-order chi connectivity index (χ1) is 7.58. The highest BCUT2D eigenvalue weighted by atomic mass is 16.4. The van der Waals surface area contributed by atoms with Gasteiger partial charge in [0.2, 0.25) is 5.91 Å². The quantitative estimate of drug-likeness (QED) is 0.788. The zero-order chi connectivity index (χ0) is 11.7. The Morgan fingerprint density at radius 1 is 1.50 bits per heavy atom. The fraction of sp³-hybridized carbons (Fsp3) is 0.364. The summed E-state index contributed by atoms with van der Waals surface area (Å²) in [6, 6.07) is 1.74. The summed E-state index contributed by atoms with van der Waals surface area (Å²) in [6.07, 6.45) is 3.82. The number of carboxylic acid groups (broad SMARTS) is 1. The molecule has 5 nitrogen and oxygen atoms in total. The van der Waals surface area contributed by atoms with Crippen LogP contribution in [-0.4, -0.2) is 28.0 Å². The van der Waals surface area contributed by atoms with Crippen LogP contribution >= 0.6 is 0 Å². The first-order valence-electron chi connectivity index (χ1n) is 5.03. The Kier molecular flexibility index (Phi) is 2.60. The van der Waals surface area contributed by atoms with E-state index in [4.69, 9.17) is 5.11 Å². The maximum absolute atomic E-state index is 10.8. The third kappa shape index (κ3) is 2.18. The van der Waals surface area contributed by atoms with Crippen molar-refractivity contribution >= 4 is 11.9 Å². The average molecular weight is 220 g/mol. The van der Waals surface area contributed by atoms with Gasteiger partial charge in [-0.2, -0.15) is 0 Å². The molecule has 1 fully saturated rings. The minimum absolute atomic E-state index is 0.0603. The van der Waals surface area contributed by atoms with E-state index in [1.165, 1.54) is 13.1 Å². The monoisotopic (exact) mass is 220 g/mol. The van der Waals surface area contributed by atoms with Crippen molar-refractivity contribution in [2.24, 2.45) is 0 Å². The van der Waals surface area contributed by atoms with E-state index in [2.05, 4.69) is 10.3 Å². The van der Waals surface area contributed by atoms with Crippen molar-refractivity contribution in [2.45, 2.75) is 25.3 Å². The molecule has 0 bridgehead atoms. The maximum atomic E-state index is 10.8. The van der Waals surface area contributed by atoms with Gasteiger partial charge in [-0.25, -0.2) is 4.79 Å². The summed E-state index contributed by atoms with van der Waals surface area (Å²) >= 11 is 0. The van der Waals surface area contributed by atoms with Crippen LogP contribution in [0.25, 0.3) is 0 Å². The van der Waals surface area contributed by atoms with Crippen molar-refractivity contribution < 1.29 is 14.7 Å². The van der Waals surface area contributed by atoms with E-state index >= 15 is 0 Å². The maximum Gasteiger partial charge on any atom is 0.337 e. The molecule has 2 atom stereocenters. The number of nitrogens with zero attached hydrogens (tertiary/aromatic N) is 1. The van der Waals surface area contributed by atoms with Gasteiger partial charge >= 0.3 is 5.97 Å². The summed E-state index contributed by atoms with van der Waals surface area (Å²) in [5.74, 6) is -0.836. The predicted molar refractivity (Wildman–Crippen MR) is 56.2 cm³/mol. The zero-order valence-electron chi connectivity index (χ0n) is 8.80. The first-order valence-corrected chi connectivity index (χ1v) is 5.03.